The maximum Gasteiger partial charge on any atom is 0.339 e. The first-order chi connectivity index (χ1) is 14.5. The molecule has 1 atom stereocenters. The fourth-order valence-corrected chi connectivity index (χ4v) is 4.51. The van der Waals surface area contributed by atoms with Crippen LogP contribution in [0.15, 0.2) is 48.5 Å². The van der Waals surface area contributed by atoms with Gasteiger partial charge in [-0.1, -0.05) is 36.4 Å². The minimum Gasteiger partial charge on any atom is -0.451 e. The number of ether oxygens (including phenoxy) is 1. The number of aromatic nitrogens is 2. The summed E-state index contributed by atoms with van der Waals surface area (Å²) in [5.41, 5.74) is 5.53. The summed E-state index contributed by atoms with van der Waals surface area (Å²) in [4.78, 5) is 34.4. The van der Waals surface area contributed by atoms with Crippen molar-refractivity contribution in [2.45, 2.75) is 39.2 Å². The number of carbonyl (C=O) groups is 2. The number of nitrogens with one attached hydrogen (secondary N) is 1. The van der Waals surface area contributed by atoms with E-state index in [9.17, 15) is 9.59 Å². The van der Waals surface area contributed by atoms with Gasteiger partial charge in [-0.25, -0.2) is 4.79 Å². The highest BCUT2D eigenvalue weighted by atomic mass is 16.5. The van der Waals surface area contributed by atoms with E-state index in [1.807, 2.05) is 55.5 Å². The van der Waals surface area contributed by atoms with Crippen LogP contribution in [0.4, 0.5) is 0 Å². The first-order valence-electron chi connectivity index (χ1n) is 10.3. The van der Waals surface area contributed by atoms with Crippen LogP contribution in [0, 0.1) is 6.92 Å². The number of rotatable bonds is 4. The lowest BCUT2D eigenvalue weighted by atomic mass is 10.0. The second-order valence-corrected chi connectivity index (χ2v) is 7.87. The summed E-state index contributed by atoms with van der Waals surface area (Å²) in [6.07, 6.45) is 1.76. The minimum absolute atomic E-state index is 0.201. The Labute approximate surface area is 174 Å². The molecule has 5 rings (SSSR count). The van der Waals surface area contributed by atoms with Crippen molar-refractivity contribution >= 4 is 33.6 Å². The number of fused-ring (bicyclic) bond motifs is 3. The van der Waals surface area contributed by atoms with E-state index >= 15 is 0 Å². The molecule has 5 heteroatoms. The van der Waals surface area contributed by atoms with Crippen LogP contribution in [0.3, 0.4) is 0 Å². The van der Waals surface area contributed by atoms with Gasteiger partial charge >= 0.3 is 5.97 Å². The molecule has 0 saturated heterocycles. The SMILES string of the molecule is Cc1[nH]c2ccccc2c1C(=O)[C@H](C)OC(=O)c1c2c(nc3ccccc13)CCC2. The zero-order valence-corrected chi connectivity index (χ0v) is 17.0. The van der Waals surface area contributed by atoms with Crippen molar-refractivity contribution in [1.29, 1.82) is 0 Å². The van der Waals surface area contributed by atoms with E-state index in [4.69, 9.17) is 9.72 Å². The molecule has 5 nitrogen and oxygen atoms in total. The average Bonchev–Trinajstić information content (AvgIpc) is 3.34. The van der Waals surface area contributed by atoms with Gasteiger partial charge in [-0.3, -0.25) is 9.78 Å². The maximum atomic E-state index is 13.2. The minimum atomic E-state index is -0.889. The number of aryl methyl sites for hydroxylation is 2. The number of nitrogens with zero attached hydrogens (tertiary/aromatic N) is 1. The fraction of sp³-hybridized carbons (Fsp3) is 0.240. The molecule has 1 aliphatic carbocycles. The van der Waals surface area contributed by atoms with Gasteiger partial charge in [0, 0.05) is 33.2 Å². The number of Topliss-reactive ketones (excluding diaryl/α,β-unsaturated/α-hetero) is 1. The smallest absolute Gasteiger partial charge is 0.339 e. The monoisotopic (exact) mass is 398 g/mol. The van der Waals surface area contributed by atoms with Crippen molar-refractivity contribution < 1.29 is 14.3 Å². The van der Waals surface area contributed by atoms with Crippen LogP contribution >= 0.6 is 0 Å². The lowest BCUT2D eigenvalue weighted by Crippen LogP contribution is -2.25. The van der Waals surface area contributed by atoms with Crippen LogP contribution < -0.4 is 0 Å². The highest BCUT2D eigenvalue weighted by Crippen LogP contribution is 2.31. The number of hydrogen-bond acceptors (Lipinski definition) is 4. The van der Waals surface area contributed by atoms with Crippen molar-refractivity contribution in [3.8, 4) is 0 Å². The molecule has 4 aromatic rings. The normalized spacial score (nSPS) is 14.1. The van der Waals surface area contributed by atoms with Gasteiger partial charge in [-0.05, 0) is 50.8 Å². The van der Waals surface area contributed by atoms with E-state index in [2.05, 4.69) is 4.98 Å². The Morgan fingerprint density at radius 3 is 2.57 bits per heavy atom. The lowest BCUT2D eigenvalue weighted by Gasteiger charge is -2.16. The summed E-state index contributed by atoms with van der Waals surface area (Å²) in [5, 5.41) is 1.63. The van der Waals surface area contributed by atoms with Crippen LogP contribution in [-0.2, 0) is 17.6 Å². The molecule has 0 amide bonds. The van der Waals surface area contributed by atoms with Gasteiger partial charge in [0.05, 0.1) is 11.1 Å². The molecule has 0 radical (unpaired) electrons. The number of H-pyrrole nitrogens is 1. The second-order valence-electron chi connectivity index (χ2n) is 7.87. The van der Waals surface area contributed by atoms with E-state index in [1.165, 1.54) is 0 Å². The molecule has 1 aliphatic rings. The Morgan fingerprint density at radius 1 is 1.00 bits per heavy atom. The Morgan fingerprint density at radius 2 is 1.73 bits per heavy atom. The van der Waals surface area contributed by atoms with Crippen molar-refractivity contribution in [3.05, 3.63) is 76.6 Å². The van der Waals surface area contributed by atoms with E-state index in [1.54, 1.807) is 6.92 Å². The summed E-state index contributed by atoms with van der Waals surface area (Å²) in [7, 11) is 0. The van der Waals surface area contributed by atoms with E-state index in [0.29, 0.717) is 11.1 Å². The van der Waals surface area contributed by atoms with Crippen LogP contribution in [0.2, 0.25) is 0 Å². The quantitative estimate of drug-likeness (QED) is 0.390. The summed E-state index contributed by atoms with van der Waals surface area (Å²) < 4.78 is 5.73. The Hall–Kier alpha value is -3.47. The summed E-state index contributed by atoms with van der Waals surface area (Å²) in [6.45, 7) is 3.51. The molecule has 150 valence electrons. The van der Waals surface area contributed by atoms with Crippen molar-refractivity contribution in [3.63, 3.8) is 0 Å². The standard InChI is InChI=1S/C25H22N2O3/c1-14-22(16-8-3-5-11-19(16)26-14)24(28)15(2)30-25(29)23-17-9-4-6-12-20(17)27-21-13-7-10-18(21)23/h3-6,8-9,11-12,15,26H,7,10,13H2,1-2H3/t15-/m0/s1. The average molecular weight is 398 g/mol. The van der Waals surface area contributed by atoms with Crippen LogP contribution in [-0.4, -0.2) is 27.8 Å². The molecule has 0 spiro atoms. The summed E-state index contributed by atoms with van der Waals surface area (Å²) in [6, 6.07) is 15.3. The number of pyridine rings is 1. The molecule has 0 fully saturated rings. The molecule has 2 heterocycles. The molecule has 0 bridgehead atoms. The second kappa shape index (κ2) is 7.10. The number of ketones is 1. The van der Waals surface area contributed by atoms with E-state index < -0.39 is 12.1 Å². The van der Waals surface area contributed by atoms with Gasteiger partial charge in [0.25, 0.3) is 0 Å². The predicted molar refractivity (Wildman–Crippen MR) is 116 cm³/mol. The fourth-order valence-electron chi connectivity index (χ4n) is 4.51. The number of aromatic amines is 1. The van der Waals surface area contributed by atoms with E-state index in [0.717, 1.165) is 58.0 Å². The van der Waals surface area contributed by atoms with Gasteiger partial charge in [-0.2, -0.15) is 0 Å². The van der Waals surface area contributed by atoms with Crippen LogP contribution in [0.25, 0.3) is 21.8 Å². The first-order valence-corrected chi connectivity index (χ1v) is 10.3. The molecule has 0 unspecified atom stereocenters. The highest BCUT2D eigenvalue weighted by molar-refractivity contribution is 6.12. The predicted octanol–water partition coefficient (Wildman–Crippen LogP) is 4.94. The summed E-state index contributed by atoms with van der Waals surface area (Å²) >= 11 is 0. The molecular formula is C25H22N2O3. The Kier molecular flexibility index (Phi) is 4.39. The maximum absolute atomic E-state index is 13.2. The zero-order valence-electron chi connectivity index (χ0n) is 17.0. The topological polar surface area (TPSA) is 72.1 Å². The van der Waals surface area contributed by atoms with Crippen molar-refractivity contribution in [2.75, 3.05) is 0 Å². The van der Waals surface area contributed by atoms with Crippen molar-refractivity contribution in [2.24, 2.45) is 0 Å². The Bertz CT molecular complexity index is 1320. The molecule has 0 aliphatic heterocycles. The first kappa shape index (κ1) is 18.6. The third kappa shape index (κ3) is 2.89. The van der Waals surface area contributed by atoms with Gasteiger partial charge in [0.15, 0.2) is 6.10 Å². The molecule has 2 aromatic carbocycles. The third-order valence-electron chi connectivity index (χ3n) is 5.92. The number of esters is 1. The largest absolute Gasteiger partial charge is 0.451 e. The van der Waals surface area contributed by atoms with Crippen LogP contribution in [0.1, 0.15) is 51.0 Å². The highest BCUT2D eigenvalue weighted by Gasteiger charge is 2.29. The van der Waals surface area contributed by atoms with Crippen molar-refractivity contribution in [1.82, 2.24) is 9.97 Å². The van der Waals surface area contributed by atoms with Gasteiger partial charge in [0.1, 0.15) is 0 Å². The molecule has 2 aromatic heterocycles. The lowest BCUT2D eigenvalue weighted by molar-refractivity contribution is 0.0320. The zero-order chi connectivity index (χ0) is 20.8. The number of para-hydroxylation sites is 2. The molecule has 30 heavy (non-hydrogen) atoms. The summed E-state index contributed by atoms with van der Waals surface area (Å²) in [5.74, 6) is -0.654. The number of hydrogen-bond donors (Lipinski definition) is 1. The Balaban J connectivity index is 1.50. The number of carbonyl (C=O) groups excluding carboxylic acids is 2. The number of benzene rings is 2. The molecule has 0 saturated carbocycles. The van der Waals surface area contributed by atoms with Gasteiger partial charge in [0.2, 0.25) is 5.78 Å². The van der Waals surface area contributed by atoms with E-state index in [-0.39, 0.29) is 5.78 Å². The van der Waals surface area contributed by atoms with Gasteiger partial charge < -0.3 is 9.72 Å². The van der Waals surface area contributed by atoms with Gasteiger partial charge in [-0.15, -0.1) is 0 Å². The van der Waals surface area contributed by atoms with Crippen LogP contribution in [0.5, 0.6) is 0 Å². The molecular weight excluding hydrogens is 376 g/mol. The molecule has 1 N–H and O–H groups in total. The third-order valence-corrected chi connectivity index (χ3v) is 5.92.